The van der Waals surface area contributed by atoms with Gasteiger partial charge in [0.25, 0.3) is 11.8 Å². The standard InChI is InChI=1S/C21H22ClFN4O4/c22-15-8-19(27(29)30)21(24-9-15)31-13-20(28)26-17-2-1-3-18(26)12-25(11-17)10-14-4-6-16(23)7-5-14/h4-9,17-18H,1-3,10-13H2. The Morgan fingerprint density at radius 1 is 1.26 bits per heavy atom. The molecule has 4 rings (SSSR count). The van der Waals surface area contributed by atoms with Gasteiger partial charge in [0.05, 0.1) is 16.1 Å². The van der Waals surface area contributed by atoms with Gasteiger partial charge in [0, 0.05) is 37.8 Å². The summed E-state index contributed by atoms with van der Waals surface area (Å²) < 4.78 is 18.6. The number of hydrogen-bond donors (Lipinski definition) is 0. The lowest BCUT2D eigenvalue weighted by Crippen LogP contribution is -2.63. The third-order valence-electron chi connectivity index (χ3n) is 5.73. The molecule has 2 bridgehead atoms. The molecule has 8 nitrogen and oxygen atoms in total. The minimum absolute atomic E-state index is 0.0530. The number of nitrogens with zero attached hydrogens (tertiary/aromatic N) is 4. The summed E-state index contributed by atoms with van der Waals surface area (Å²) in [5.41, 5.74) is 0.660. The van der Waals surface area contributed by atoms with E-state index in [1.807, 2.05) is 4.90 Å². The summed E-state index contributed by atoms with van der Waals surface area (Å²) in [6.45, 7) is 1.82. The molecule has 2 aliphatic heterocycles. The van der Waals surface area contributed by atoms with Gasteiger partial charge in [0.2, 0.25) is 0 Å². The molecular weight excluding hydrogens is 427 g/mol. The molecule has 31 heavy (non-hydrogen) atoms. The molecule has 2 atom stereocenters. The molecule has 1 aromatic heterocycles. The van der Waals surface area contributed by atoms with Gasteiger partial charge >= 0.3 is 5.69 Å². The van der Waals surface area contributed by atoms with Crippen molar-refractivity contribution in [2.24, 2.45) is 0 Å². The number of aromatic nitrogens is 1. The quantitative estimate of drug-likeness (QED) is 0.497. The third-order valence-corrected chi connectivity index (χ3v) is 5.94. The number of carbonyl (C=O) groups excluding carboxylic acids is 1. The summed E-state index contributed by atoms with van der Waals surface area (Å²) in [6, 6.07) is 7.73. The number of piperazine rings is 1. The van der Waals surface area contributed by atoms with Crippen LogP contribution in [-0.2, 0) is 11.3 Å². The highest BCUT2D eigenvalue weighted by Crippen LogP contribution is 2.31. The smallest absolute Gasteiger partial charge is 0.332 e. The molecule has 2 fully saturated rings. The predicted octanol–water partition coefficient (Wildman–Crippen LogP) is 3.43. The number of rotatable bonds is 6. The fourth-order valence-corrected chi connectivity index (χ4v) is 4.59. The summed E-state index contributed by atoms with van der Waals surface area (Å²) in [7, 11) is 0. The fraction of sp³-hybridized carbons (Fsp3) is 0.429. The largest absolute Gasteiger partial charge is 0.463 e. The molecule has 2 unspecified atom stereocenters. The second-order valence-corrected chi connectivity index (χ2v) is 8.32. The van der Waals surface area contributed by atoms with E-state index in [2.05, 4.69) is 9.88 Å². The molecule has 0 N–H and O–H groups in total. The highest BCUT2D eigenvalue weighted by molar-refractivity contribution is 6.30. The first kappa shape index (κ1) is 21.5. The van der Waals surface area contributed by atoms with Crippen molar-refractivity contribution in [3.05, 3.63) is 63.0 Å². The van der Waals surface area contributed by atoms with Gasteiger partial charge in [-0.15, -0.1) is 0 Å². The Labute approximate surface area is 183 Å². The number of likely N-dealkylation sites (tertiary alicyclic amines) is 1. The fourth-order valence-electron chi connectivity index (χ4n) is 4.44. The summed E-state index contributed by atoms with van der Waals surface area (Å²) >= 11 is 5.77. The van der Waals surface area contributed by atoms with Gasteiger partial charge in [0.1, 0.15) is 5.82 Å². The molecule has 1 amide bonds. The van der Waals surface area contributed by atoms with Gasteiger partial charge < -0.3 is 9.64 Å². The first-order valence-electron chi connectivity index (χ1n) is 10.1. The van der Waals surface area contributed by atoms with Crippen LogP contribution in [0.5, 0.6) is 5.88 Å². The topological polar surface area (TPSA) is 88.8 Å². The van der Waals surface area contributed by atoms with Crippen molar-refractivity contribution in [1.29, 1.82) is 0 Å². The monoisotopic (exact) mass is 448 g/mol. The van der Waals surface area contributed by atoms with Crippen LogP contribution < -0.4 is 4.74 Å². The number of nitro groups is 1. The number of amides is 1. The number of carbonyl (C=O) groups is 1. The van der Waals surface area contributed by atoms with Crippen LogP contribution in [0.15, 0.2) is 36.5 Å². The summed E-state index contributed by atoms with van der Waals surface area (Å²) in [5.74, 6) is -0.684. The minimum atomic E-state index is -0.637. The van der Waals surface area contributed by atoms with E-state index in [0.29, 0.717) is 6.54 Å². The Balaban J connectivity index is 1.40. The van der Waals surface area contributed by atoms with E-state index in [1.165, 1.54) is 18.3 Å². The van der Waals surface area contributed by atoms with Gasteiger partial charge in [-0.1, -0.05) is 23.7 Å². The van der Waals surface area contributed by atoms with Crippen LogP contribution in [0.3, 0.4) is 0 Å². The first-order valence-corrected chi connectivity index (χ1v) is 10.5. The Hall–Kier alpha value is -2.78. The molecule has 2 aromatic rings. The number of halogens is 2. The van der Waals surface area contributed by atoms with E-state index < -0.39 is 4.92 Å². The summed E-state index contributed by atoms with van der Waals surface area (Å²) in [5, 5.41) is 11.3. The van der Waals surface area contributed by atoms with E-state index in [0.717, 1.165) is 44.0 Å². The normalized spacial score (nSPS) is 21.0. The number of ether oxygens (including phenoxy) is 1. The second kappa shape index (κ2) is 9.15. The summed E-state index contributed by atoms with van der Waals surface area (Å²) in [4.78, 5) is 31.5. The lowest BCUT2D eigenvalue weighted by Gasteiger charge is -2.50. The number of fused-ring (bicyclic) bond motifs is 2. The van der Waals surface area contributed by atoms with E-state index in [1.54, 1.807) is 12.1 Å². The number of benzene rings is 1. The van der Waals surface area contributed by atoms with Crippen LogP contribution >= 0.6 is 11.6 Å². The molecule has 10 heteroatoms. The van der Waals surface area contributed by atoms with Crippen molar-refractivity contribution in [2.45, 2.75) is 37.9 Å². The van der Waals surface area contributed by atoms with Gasteiger partial charge in [-0.2, -0.15) is 0 Å². The Morgan fingerprint density at radius 3 is 2.58 bits per heavy atom. The van der Waals surface area contributed by atoms with Crippen LogP contribution in [0.4, 0.5) is 10.1 Å². The average Bonchev–Trinajstić information content (AvgIpc) is 2.73. The average molecular weight is 449 g/mol. The lowest BCUT2D eigenvalue weighted by molar-refractivity contribution is -0.386. The van der Waals surface area contributed by atoms with E-state index in [4.69, 9.17) is 16.3 Å². The molecular formula is C21H22ClFN4O4. The zero-order valence-corrected chi connectivity index (χ0v) is 17.5. The number of piperidine rings is 1. The van der Waals surface area contributed by atoms with Crippen molar-refractivity contribution in [1.82, 2.24) is 14.8 Å². The van der Waals surface area contributed by atoms with Crippen LogP contribution in [0, 0.1) is 15.9 Å². The van der Waals surface area contributed by atoms with Gasteiger partial charge in [0.15, 0.2) is 6.61 Å². The molecule has 164 valence electrons. The van der Waals surface area contributed by atoms with E-state index >= 15 is 0 Å². The van der Waals surface area contributed by atoms with E-state index in [9.17, 15) is 19.3 Å². The molecule has 3 heterocycles. The number of pyridine rings is 1. The van der Waals surface area contributed by atoms with Crippen LogP contribution in [0.2, 0.25) is 5.02 Å². The first-order chi connectivity index (χ1) is 14.9. The van der Waals surface area contributed by atoms with Crippen molar-refractivity contribution >= 4 is 23.2 Å². The Kier molecular flexibility index (Phi) is 6.33. The minimum Gasteiger partial charge on any atom is -0.463 e. The number of hydrogen-bond acceptors (Lipinski definition) is 6. The van der Waals surface area contributed by atoms with Gasteiger partial charge in [-0.3, -0.25) is 19.8 Å². The Bertz CT molecular complexity index is 960. The maximum atomic E-state index is 13.2. The Morgan fingerprint density at radius 2 is 1.94 bits per heavy atom. The molecule has 2 aliphatic rings. The maximum absolute atomic E-state index is 13.2. The van der Waals surface area contributed by atoms with Crippen molar-refractivity contribution in [3.8, 4) is 5.88 Å². The van der Waals surface area contributed by atoms with Gasteiger partial charge in [-0.05, 0) is 37.0 Å². The molecule has 2 saturated heterocycles. The van der Waals surface area contributed by atoms with Gasteiger partial charge in [-0.25, -0.2) is 9.37 Å². The zero-order valence-electron chi connectivity index (χ0n) is 16.7. The molecule has 0 saturated carbocycles. The third kappa shape index (κ3) is 4.94. The maximum Gasteiger partial charge on any atom is 0.332 e. The van der Waals surface area contributed by atoms with Crippen molar-refractivity contribution < 1.29 is 18.8 Å². The highest BCUT2D eigenvalue weighted by atomic mass is 35.5. The molecule has 0 aliphatic carbocycles. The second-order valence-electron chi connectivity index (χ2n) is 7.88. The van der Waals surface area contributed by atoms with Crippen molar-refractivity contribution in [3.63, 3.8) is 0 Å². The van der Waals surface area contributed by atoms with Crippen LogP contribution in [0.1, 0.15) is 24.8 Å². The van der Waals surface area contributed by atoms with Crippen LogP contribution in [-0.4, -0.2) is 57.4 Å². The van der Waals surface area contributed by atoms with Crippen LogP contribution in [0.25, 0.3) is 0 Å². The van der Waals surface area contributed by atoms with E-state index in [-0.39, 0.29) is 47.0 Å². The molecule has 0 spiro atoms. The summed E-state index contributed by atoms with van der Waals surface area (Å²) in [6.07, 6.45) is 4.08. The highest BCUT2D eigenvalue weighted by Gasteiger charge is 2.40. The van der Waals surface area contributed by atoms with Crippen molar-refractivity contribution in [2.75, 3.05) is 19.7 Å². The lowest BCUT2D eigenvalue weighted by atomic mass is 9.91. The SMILES string of the molecule is O=C(COc1ncc(Cl)cc1[N+](=O)[O-])N1C2CCCC1CN(Cc1ccc(F)cc1)C2. The zero-order chi connectivity index (χ0) is 22.0. The molecule has 0 radical (unpaired) electrons. The molecule has 1 aromatic carbocycles. The predicted molar refractivity (Wildman–Crippen MR) is 111 cm³/mol.